The minimum absolute atomic E-state index is 0.556. The minimum atomic E-state index is 0.556. The Labute approximate surface area is 156 Å². The summed E-state index contributed by atoms with van der Waals surface area (Å²) in [6.07, 6.45) is 6.68. The van der Waals surface area contributed by atoms with E-state index in [-0.39, 0.29) is 0 Å². The zero-order valence-electron chi connectivity index (χ0n) is 14.9. The quantitative estimate of drug-likeness (QED) is 0.540. The van der Waals surface area contributed by atoms with Gasteiger partial charge in [0.25, 0.3) is 0 Å². The monoisotopic (exact) mass is 361 g/mol. The Balaban J connectivity index is 1.32. The Kier molecular flexibility index (Phi) is 4.86. The molecule has 0 aliphatic heterocycles. The molecule has 0 aliphatic rings. The van der Waals surface area contributed by atoms with E-state index in [0.29, 0.717) is 37.0 Å². The molecular formula is C19H19N7O. The van der Waals surface area contributed by atoms with Gasteiger partial charge in [0.15, 0.2) is 5.82 Å². The van der Waals surface area contributed by atoms with Crippen molar-refractivity contribution in [1.29, 1.82) is 0 Å². The van der Waals surface area contributed by atoms with E-state index in [1.807, 2.05) is 49.6 Å². The van der Waals surface area contributed by atoms with Crippen molar-refractivity contribution in [2.75, 3.05) is 11.9 Å². The lowest BCUT2D eigenvalue weighted by Gasteiger charge is -2.04. The van der Waals surface area contributed by atoms with Crippen LogP contribution in [0.4, 0.5) is 5.95 Å². The van der Waals surface area contributed by atoms with Crippen LogP contribution in [0.3, 0.4) is 0 Å². The summed E-state index contributed by atoms with van der Waals surface area (Å²) in [5.41, 5.74) is 2.93. The molecule has 0 atom stereocenters. The van der Waals surface area contributed by atoms with Crippen molar-refractivity contribution < 1.29 is 4.52 Å². The first-order valence-electron chi connectivity index (χ1n) is 8.67. The first-order chi connectivity index (χ1) is 13.3. The fourth-order valence-electron chi connectivity index (χ4n) is 2.68. The summed E-state index contributed by atoms with van der Waals surface area (Å²) >= 11 is 0. The highest BCUT2D eigenvalue weighted by Gasteiger charge is 2.08. The summed E-state index contributed by atoms with van der Waals surface area (Å²) in [4.78, 5) is 13.2. The number of anilines is 1. The van der Waals surface area contributed by atoms with Crippen molar-refractivity contribution in [2.24, 2.45) is 7.05 Å². The van der Waals surface area contributed by atoms with Gasteiger partial charge in [-0.15, -0.1) is 0 Å². The smallest absolute Gasteiger partial charge is 0.228 e. The number of aromatic nitrogens is 6. The molecule has 0 aliphatic carbocycles. The van der Waals surface area contributed by atoms with Crippen LogP contribution in [0.15, 0.2) is 59.5 Å². The summed E-state index contributed by atoms with van der Waals surface area (Å²) in [6.45, 7) is 0.601. The second kappa shape index (κ2) is 7.77. The number of nitrogens with one attached hydrogen (secondary N) is 1. The molecule has 0 unspecified atom stereocenters. The van der Waals surface area contributed by atoms with Crippen molar-refractivity contribution in [3.05, 3.63) is 72.3 Å². The molecule has 3 heterocycles. The molecule has 8 nitrogen and oxygen atoms in total. The van der Waals surface area contributed by atoms with Gasteiger partial charge in [0.05, 0.1) is 11.9 Å². The lowest BCUT2D eigenvalue weighted by atomic mass is 10.1. The molecule has 4 rings (SSSR count). The Hall–Kier alpha value is -3.55. The maximum atomic E-state index is 5.32. The molecule has 3 aromatic heterocycles. The Morgan fingerprint density at radius 2 is 2.00 bits per heavy atom. The summed E-state index contributed by atoms with van der Waals surface area (Å²) in [5, 5.41) is 11.4. The van der Waals surface area contributed by atoms with Gasteiger partial charge in [-0.05, 0) is 11.6 Å². The van der Waals surface area contributed by atoms with E-state index in [2.05, 4.69) is 30.5 Å². The molecule has 4 aromatic rings. The van der Waals surface area contributed by atoms with Crippen LogP contribution in [0.1, 0.15) is 17.3 Å². The molecule has 136 valence electrons. The Morgan fingerprint density at radius 3 is 2.81 bits per heavy atom. The predicted octanol–water partition coefficient (Wildman–Crippen LogP) is 2.51. The lowest BCUT2D eigenvalue weighted by Crippen LogP contribution is -2.08. The highest BCUT2D eigenvalue weighted by atomic mass is 16.5. The molecule has 0 amide bonds. The van der Waals surface area contributed by atoms with Gasteiger partial charge < -0.3 is 9.84 Å². The second-order valence-corrected chi connectivity index (χ2v) is 6.11. The summed E-state index contributed by atoms with van der Waals surface area (Å²) < 4.78 is 7.06. The van der Waals surface area contributed by atoms with E-state index >= 15 is 0 Å². The van der Waals surface area contributed by atoms with Gasteiger partial charge in [-0.3, -0.25) is 4.68 Å². The largest absolute Gasteiger partial charge is 0.354 e. The molecule has 0 spiro atoms. The predicted molar refractivity (Wildman–Crippen MR) is 100.0 cm³/mol. The number of rotatable bonds is 7. The van der Waals surface area contributed by atoms with E-state index in [4.69, 9.17) is 4.52 Å². The second-order valence-electron chi connectivity index (χ2n) is 6.11. The zero-order chi connectivity index (χ0) is 18.5. The molecule has 0 saturated heterocycles. The maximum absolute atomic E-state index is 5.32. The first kappa shape index (κ1) is 16.9. The van der Waals surface area contributed by atoms with E-state index in [1.54, 1.807) is 17.1 Å². The van der Waals surface area contributed by atoms with Gasteiger partial charge in [-0.2, -0.15) is 10.1 Å². The van der Waals surface area contributed by atoms with Crippen LogP contribution in [-0.4, -0.2) is 36.4 Å². The number of benzene rings is 1. The van der Waals surface area contributed by atoms with Gasteiger partial charge in [0, 0.05) is 44.4 Å². The Bertz CT molecular complexity index is 1010. The minimum Gasteiger partial charge on any atom is -0.354 e. The molecule has 0 bridgehead atoms. The van der Waals surface area contributed by atoms with Crippen molar-refractivity contribution in [1.82, 2.24) is 29.9 Å². The van der Waals surface area contributed by atoms with Crippen molar-refractivity contribution in [2.45, 2.75) is 12.8 Å². The average Bonchev–Trinajstić information content (AvgIpc) is 3.32. The van der Waals surface area contributed by atoms with Crippen molar-refractivity contribution in [3.63, 3.8) is 0 Å². The van der Waals surface area contributed by atoms with Crippen LogP contribution >= 0.6 is 0 Å². The SMILES string of the molecule is Cn1cc(-c2ccnc(NCCc3nc(Cc4ccccc4)no3)n2)cn1. The first-order valence-corrected chi connectivity index (χ1v) is 8.67. The van der Waals surface area contributed by atoms with Gasteiger partial charge in [0.2, 0.25) is 11.8 Å². The molecule has 0 saturated carbocycles. The van der Waals surface area contributed by atoms with E-state index < -0.39 is 0 Å². The van der Waals surface area contributed by atoms with Crippen molar-refractivity contribution in [3.8, 4) is 11.3 Å². The van der Waals surface area contributed by atoms with E-state index in [1.165, 1.54) is 0 Å². The van der Waals surface area contributed by atoms with E-state index in [9.17, 15) is 0 Å². The standard InChI is InChI=1S/C19H19N7O/c1-26-13-15(12-22-26)16-7-9-20-19(23-16)21-10-8-18-24-17(25-27-18)11-14-5-3-2-4-6-14/h2-7,9,12-13H,8,10-11H2,1H3,(H,20,21,23). The van der Waals surface area contributed by atoms with E-state index in [0.717, 1.165) is 16.8 Å². The molecule has 8 heteroatoms. The van der Waals surface area contributed by atoms with Gasteiger partial charge >= 0.3 is 0 Å². The van der Waals surface area contributed by atoms with Crippen LogP contribution in [0, 0.1) is 0 Å². The van der Waals surface area contributed by atoms with Crippen LogP contribution in [0.25, 0.3) is 11.3 Å². The van der Waals surface area contributed by atoms with Crippen LogP contribution in [0.5, 0.6) is 0 Å². The molecule has 0 fully saturated rings. The number of nitrogens with zero attached hydrogens (tertiary/aromatic N) is 6. The normalized spacial score (nSPS) is 10.9. The fraction of sp³-hybridized carbons (Fsp3) is 0.211. The third kappa shape index (κ3) is 4.35. The van der Waals surface area contributed by atoms with Gasteiger partial charge in [0.1, 0.15) is 0 Å². The average molecular weight is 361 g/mol. The van der Waals surface area contributed by atoms with Gasteiger partial charge in [-0.1, -0.05) is 35.5 Å². The number of hydrogen-bond acceptors (Lipinski definition) is 7. The van der Waals surface area contributed by atoms with Crippen molar-refractivity contribution >= 4 is 5.95 Å². The molecule has 1 aromatic carbocycles. The third-order valence-corrected chi connectivity index (χ3v) is 3.99. The Morgan fingerprint density at radius 1 is 1.11 bits per heavy atom. The maximum Gasteiger partial charge on any atom is 0.228 e. The number of hydrogen-bond donors (Lipinski definition) is 1. The fourth-order valence-corrected chi connectivity index (χ4v) is 2.68. The summed E-state index contributed by atoms with van der Waals surface area (Å²) in [6, 6.07) is 11.9. The van der Waals surface area contributed by atoms with Crippen LogP contribution in [-0.2, 0) is 19.9 Å². The number of aryl methyl sites for hydroxylation is 1. The summed E-state index contributed by atoms with van der Waals surface area (Å²) in [7, 11) is 1.88. The molecule has 1 N–H and O–H groups in total. The van der Waals surface area contributed by atoms with Crippen LogP contribution in [0.2, 0.25) is 0 Å². The zero-order valence-corrected chi connectivity index (χ0v) is 14.9. The summed E-state index contributed by atoms with van der Waals surface area (Å²) in [5.74, 6) is 1.84. The third-order valence-electron chi connectivity index (χ3n) is 3.99. The topological polar surface area (TPSA) is 94.6 Å². The molecule has 27 heavy (non-hydrogen) atoms. The highest BCUT2D eigenvalue weighted by molar-refractivity contribution is 5.57. The lowest BCUT2D eigenvalue weighted by molar-refractivity contribution is 0.376. The van der Waals surface area contributed by atoms with Crippen LogP contribution < -0.4 is 5.32 Å². The molecular weight excluding hydrogens is 342 g/mol. The highest BCUT2D eigenvalue weighted by Crippen LogP contribution is 2.16. The molecule has 0 radical (unpaired) electrons. The van der Waals surface area contributed by atoms with Gasteiger partial charge in [-0.25, -0.2) is 9.97 Å².